The molecular weight excluding hydrogens is 214 g/mol. The molecule has 0 aromatic heterocycles. The largest absolute Gasteiger partial charge is 0.480 e. The van der Waals surface area contributed by atoms with Crippen LogP contribution < -0.4 is 5.32 Å². The summed E-state index contributed by atoms with van der Waals surface area (Å²) in [7, 11) is 0. The summed E-state index contributed by atoms with van der Waals surface area (Å²) in [5, 5.41) is 11.5. The number of carboxylic acids is 1. The highest BCUT2D eigenvalue weighted by molar-refractivity contribution is 7.98. The van der Waals surface area contributed by atoms with E-state index in [1.807, 2.05) is 6.26 Å². The average Bonchev–Trinajstić information content (AvgIpc) is 2.08. The lowest BCUT2D eigenvalue weighted by Crippen LogP contribution is -2.45. The monoisotopic (exact) mass is 231 g/mol. The number of amides is 1. The lowest BCUT2D eigenvalue weighted by Gasteiger charge is -2.26. The Labute approximate surface area is 93.8 Å². The Hall–Kier alpha value is -0.710. The van der Waals surface area contributed by atoms with Crippen molar-refractivity contribution in [3.05, 3.63) is 0 Å². The van der Waals surface area contributed by atoms with Gasteiger partial charge >= 0.3 is 5.97 Å². The lowest BCUT2D eigenvalue weighted by molar-refractivity contribution is -0.143. The average molecular weight is 231 g/mol. The molecule has 0 aromatic carbocycles. The Morgan fingerprint density at radius 1 is 1.53 bits per heavy atom. The summed E-state index contributed by atoms with van der Waals surface area (Å²) < 4.78 is 0. The van der Waals surface area contributed by atoms with E-state index in [9.17, 15) is 9.59 Å². The Morgan fingerprint density at radius 2 is 2.20 bits per heavy atom. The Bertz CT molecular complexity index is 241. The summed E-state index contributed by atoms with van der Waals surface area (Å²) in [5.74, 6) is -0.213. The van der Waals surface area contributed by atoms with Crippen molar-refractivity contribution in [3.8, 4) is 0 Å². The van der Waals surface area contributed by atoms with E-state index < -0.39 is 12.0 Å². The zero-order valence-electron chi connectivity index (χ0n) is 8.86. The molecule has 1 unspecified atom stereocenters. The van der Waals surface area contributed by atoms with Crippen LogP contribution in [0.25, 0.3) is 0 Å². The van der Waals surface area contributed by atoms with E-state index in [1.165, 1.54) is 0 Å². The van der Waals surface area contributed by atoms with Crippen LogP contribution in [0.5, 0.6) is 0 Å². The number of rotatable bonds is 6. The van der Waals surface area contributed by atoms with Gasteiger partial charge in [0.25, 0.3) is 0 Å². The quantitative estimate of drug-likeness (QED) is 0.718. The molecule has 1 rings (SSSR count). The predicted molar refractivity (Wildman–Crippen MR) is 59.9 cm³/mol. The van der Waals surface area contributed by atoms with Crippen molar-refractivity contribution >= 4 is 23.6 Å². The van der Waals surface area contributed by atoms with Gasteiger partial charge in [-0.3, -0.25) is 4.79 Å². The smallest absolute Gasteiger partial charge is 0.326 e. The molecule has 1 atom stereocenters. The van der Waals surface area contributed by atoms with E-state index in [-0.39, 0.29) is 11.8 Å². The van der Waals surface area contributed by atoms with Gasteiger partial charge in [-0.15, -0.1) is 0 Å². The molecule has 0 heterocycles. The fourth-order valence-electron chi connectivity index (χ4n) is 1.45. The maximum atomic E-state index is 11.5. The van der Waals surface area contributed by atoms with Gasteiger partial charge in [0, 0.05) is 5.92 Å². The minimum absolute atomic E-state index is 0.0566. The number of carboxylic acid groups (broad SMARTS) is 1. The second-order valence-corrected chi connectivity index (χ2v) is 4.79. The number of carbonyl (C=O) groups is 2. The second kappa shape index (κ2) is 6.00. The number of hydrogen-bond acceptors (Lipinski definition) is 3. The molecule has 0 spiro atoms. The zero-order chi connectivity index (χ0) is 11.3. The molecule has 1 fully saturated rings. The third-order valence-electron chi connectivity index (χ3n) is 2.70. The predicted octanol–water partition coefficient (Wildman–Crippen LogP) is 1.11. The first-order chi connectivity index (χ1) is 7.15. The minimum Gasteiger partial charge on any atom is -0.480 e. The van der Waals surface area contributed by atoms with E-state index in [0.717, 1.165) is 25.0 Å². The standard InChI is InChI=1S/C10H17NO3S/c1-15-6-5-8(10(13)14)11-9(12)7-3-2-4-7/h7-8H,2-6H2,1H3,(H,11,12)(H,13,14). The number of nitrogens with one attached hydrogen (secondary N) is 1. The summed E-state index contributed by atoms with van der Waals surface area (Å²) in [6, 6.07) is -0.717. The van der Waals surface area contributed by atoms with E-state index in [4.69, 9.17) is 5.11 Å². The Kier molecular flexibility index (Phi) is 4.94. The highest BCUT2D eigenvalue weighted by Crippen LogP contribution is 2.26. The Morgan fingerprint density at radius 3 is 2.60 bits per heavy atom. The fraction of sp³-hybridized carbons (Fsp3) is 0.800. The van der Waals surface area contributed by atoms with E-state index in [0.29, 0.717) is 6.42 Å². The first kappa shape index (κ1) is 12.4. The summed E-state index contributed by atoms with van der Waals surface area (Å²) in [6.07, 6.45) is 5.31. The summed E-state index contributed by atoms with van der Waals surface area (Å²) >= 11 is 1.59. The molecule has 0 bridgehead atoms. The molecule has 2 N–H and O–H groups in total. The topological polar surface area (TPSA) is 66.4 Å². The highest BCUT2D eigenvalue weighted by Gasteiger charge is 2.28. The van der Waals surface area contributed by atoms with Crippen LogP contribution in [0.4, 0.5) is 0 Å². The summed E-state index contributed by atoms with van der Waals surface area (Å²) in [6.45, 7) is 0. The van der Waals surface area contributed by atoms with Crippen molar-refractivity contribution in [2.24, 2.45) is 5.92 Å². The van der Waals surface area contributed by atoms with Gasteiger partial charge in [-0.2, -0.15) is 11.8 Å². The van der Waals surface area contributed by atoms with Crippen LogP contribution >= 0.6 is 11.8 Å². The first-order valence-electron chi connectivity index (χ1n) is 5.17. The maximum absolute atomic E-state index is 11.5. The zero-order valence-corrected chi connectivity index (χ0v) is 9.68. The summed E-state index contributed by atoms with van der Waals surface area (Å²) in [4.78, 5) is 22.4. The van der Waals surface area contributed by atoms with Crippen LogP contribution in [0, 0.1) is 5.92 Å². The molecule has 0 radical (unpaired) electrons. The second-order valence-electron chi connectivity index (χ2n) is 3.81. The molecule has 86 valence electrons. The number of aliphatic carboxylic acids is 1. The van der Waals surface area contributed by atoms with Gasteiger partial charge in [0.05, 0.1) is 0 Å². The molecule has 1 aliphatic rings. The highest BCUT2D eigenvalue weighted by atomic mass is 32.2. The molecular formula is C10H17NO3S. The van der Waals surface area contributed by atoms with E-state index in [2.05, 4.69) is 5.32 Å². The molecule has 0 aliphatic heterocycles. The molecule has 0 aromatic rings. The number of carbonyl (C=O) groups excluding carboxylic acids is 1. The molecule has 0 saturated heterocycles. The molecule has 4 nitrogen and oxygen atoms in total. The van der Waals surface area contributed by atoms with Crippen LogP contribution in [0.2, 0.25) is 0 Å². The van der Waals surface area contributed by atoms with Crippen molar-refractivity contribution < 1.29 is 14.7 Å². The number of hydrogen-bond donors (Lipinski definition) is 2. The van der Waals surface area contributed by atoms with Crippen LogP contribution in [-0.2, 0) is 9.59 Å². The van der Waals surface area contributed by atoms with Gasteiger partial charge in [0.15, 0.2) is 0 Å². The van der Waals surface area contributed by atoms with E-state index in [1.54, 1.807) is 11.8 Å². The van der Waals surface area contributed by atoms with Gasteiger partial charge in [-0.05, 0) is 31.3 Å². The first-order valence-corrected chi connectivity index (χ1v) is 6.56. The van der Waals surface area contributed by atoms with Crippen molar-refractivity contribution in [3.63, 3.8) is 0 Å². The van der Waals surface area contributed by atoms with Crippen LogP contribution in [0.15, 0.2) is 0 Å². The van der Waals surface area contributed by atoms with Crippen LogP contribution in [0.1, 0.15) is 25.7 Å². The van der Waals surface area contributed by atoms with Gasteiger partial charge < -0.3 is 10.4 Å². The summed E-state index contributed by atoms with van der Waals surface area (Å²) in [5.41, 5.74) is 0. The van der Waals surface area contributed by atoms with Crippen molar-refractivity contribution in [2.75, 3.05) is 12.0 Å². The molecule has 1 aliphatic carbocycles. The van der Waals surface area contributed by atoms with Crippen LogP contribution in [0.3, 0.4) is 0 Å². The SMILES string of the molecule is CSCCC(NC(=O)C1CCC1)C(=O)O. The van der Waals surface area contributed by atoms with E-state index >= 15 is 0 Å². The third-order valence-corrected chi connectivity index (χ3v) is 3.35. The fourth-order valence-corrected chi connectivity index (χ4v) is 1.92. The number of thioether (sulfide) groups is 1. The minimum atomic E-state index is -0.934. The molecule has 15 heavy (non-hydrogen) atoms. The van der Waals surface area contributed by atoms with Gasteiger partial charge in [0.2, 0.25) is 5.91 Å². The molecule has 5 heteroatoms. The third kappa shape index (κ3) is 3.74. The van der Waals surface area contributed by atoms with Crippen molar-refractivity contribution in [2.45, 2.75) is 31.7 Å². The molecule has 1 saturated carbocycles. The van der Waals surface area contributed by atoms with Gasteiger partial charge in [-0.25, -0.2) is 4.79 Å². The Balaban J connectivity index is 2.35. The normalized spacial score (nSPS) is 17.9. The maximum Gasteiger partial charge on any atom is 0.326 e. The van der Waals surface area contributed by atoms with Gasteiger partial charge in [0.1, 0.15) is 6.04 Å². The lowest BCUT2D eigenvalue weighted by atomic mass is 9.84. The van der Waals surface area contributed by atoms with Crippen molar-refractivity contribution in [1.29, 1.82) is 0 Å². The van der Waals surface area contributed by atoms with Crippen LogP contribution in [-0.4, -0.2) is 35.0 Å². The van der Waals surface area contributed by atoms with Gasteiger partial charge in [-0.1, -0.05) is 6.42 Å². The van der Waals surface area contributed by atoms with Crippen molar-refractivity contribution in [1.82, 2.24) is 5.32 Å². The molecule has 1 amide bonds.